The zero-order valence-corrected chi connectivity index (χ0v) is 19.6. The second-order valence-corrected chi connectivity index (χ2v) is 8.29. The van der Waals surface area contributed by atoms with Crippen LogP contribution in [0.1, 0.15) is 46.0 Å². The lowest BCUT2D eigenvalue weighted by atomic mass is 10.0. The van der Waals surface area contributed by atoms with Gasteiger partial charge >= 0.3 is 0 Å². The van der Waals surface area contributed by atoms with E-state index in [-0.39, 0.29) is 23.7 Å². The minimum Gasteiger partial charge on any atom is -0.490 e. The lowest BCUT2D eigenvalue weighted by Gasteiger charge is -2.32. The van der Waals surface area contributed by atoms with Crippen molar-refractivity contribution >= 4 is 11.8 Å². The zero-order chi connectivity index (χ0) is 24.6. The van der Waals surface area contributed by atoms with E-state index in [9.17, 15) is 14.0 Å². The van der Waals surface area contributed by atoms with Crippen molar-refractivity contribution < 1.29 is 23.5 Å². The second-order valence-electron chi connectivity index (χ2n) is 8.29. The van der Waals surface area contributed by atoms with Gasteiger partial charge in [0.1, 0.15) is 12.4 Å². The second kappa shape index (κ2) is 11.5. The van der Waals surface area contributed by atoms with Crippen LogP contribution in [0.25, 0.3) is 0 Å². The van der Waals surface area contributed by atoms with E-state index in [1.165, 1.54) is 24.3 Å². The van der Waals surface area contributed by atoms with Crippen LogP contribution in [0.15, 0.2) is 67.0 Å². The first kappa shape index (κ1) is 24.2. The number of ether oxygens (including phenoxy) is 2. The molecule has 2 heterocycles. The number of halogens is 1. The summed E-state index contributed by atoms with van der Waals surface area (Å²) in [6.07, 6.45) is 4.71. The summed E-state index contributed by atoms with van der Waals surface area (Å²) in [5, 5.41) is 2.97. The number of likely N-dealkylation sites (tertiary alicyclic amines) is 1. The van der Waals surface area contributed by atoms with Crippen molar-refractivity contribution in [1.29, 1.82) is 0 Å². The Morgan fingerprint density at radius 2 is 1.66 bits per heavy atom. The van der Waals surface area contributed by atoms with Crippen LogP contribution in [0.5, 0.6) is 11.5 Å². The molecule has 2 amide bonds. The topological polar surface area (TPSA) is 80.8 Å². The standard InChI is InChI=1S/C27H28FN3O4/c1-2-34-25-17-21(5-8-24(25)35-18-19-9-13-29-14-10-19)27(33)31-15-11-23(12-16-31)30-26(32)20-3-6-22(28)7-4-20/h3-10,13-14,17,23H,2,11-12,15-16,18H2,1H3,(H,30,32). The SMILES string of the molecule is CCOc1cc(C(=O)N2CCC(NC(=O)c3ccc(F)cc3)CC2)ccc1OCc1ccncc1. The van der Waals surface area contributed by atoms with Gasteiger partial charge in [0.2, 0.25) is 0 Å². The summed E-state index contributed by atoms with van der Waals surface area (Å²) in [5.74, 6) is 0.388. The molecule has 2 aromatic carbocycles. The molecule has 0 spiro atoms. The van der Waals surface area contributed by atoms with Gasteiger partial charge in [-0.3, -0.25) is 14.6 Å². The molecule has 0 saturated carbocycles. The molecule has 7 nitrogen and oxygen atoms in total. The monoisotopic (exact) mass is 477 g/mol. The number of benzene rings is 2. The summed E-state index contributed by atoms with van der Waals surface area (Å²) in [6, 6.07) is 14.4. The molecular weight excluding hydrogens is 449 g/mol. The number of carbonyl (C=O) groups is 2. The Kier molecular flexibility index (Phi) is 7.92. The summed E-state index contributed by atoms with van der Waals surface area (Å²) in [4.78, 5) is 31.3. The first-order valence-electron chi connectivity index (χ1n) is 11.7. The molecule has 0 radical (unpaired) electrons. The Labute approximate surface area is 203 Å². The van der Waals surface area contributed by atoms with Crippen LogP contribution in [-0.4, -0.2) is 47.4 Å². The van der Waals surface area contributed by atoms with E-state index in [1.54, 1.807) is 35.5 Å². The van der Waals surface area contributed by atoms with Crippen molar-refractivity contribution in [2.45, 2.75) is 32.4 Å². The third-order valence-corrected chi connectivity index (χ3v) is 5.86. The normalized spacial score (nSPS) is 13.8. The van der Waals surface area contributed by atoms with Gasteiger partial charge in [-0.25, -0.2) is 4.39 Å². The number of nitrogens with one attached hydrogen (secondary N) is 1. The fraction of sp³-hybridized carbons (Fsp3) is 0.296. The molecule has 0 bridgehead atoms. The van der Waals surface area contributed by atoms with Crippen molar-refractivity contribution in [3.8, 4) is 11.5 Å². The van der Waals surface area contributed by atoms with Gasteiger partial charge in [-0.1, -0.05) is 0 Å². The van der Waals surface area contributed by atoms with E-state index >= 15 is 0 Å². The van der Waals surface area contributed by atoms with Crippen LogP contribution in [0.2, 0.25) is 0 Å². The number of aromatic nitrogens is 1. The predicted octanol–water partition coefficient (Wildman–Crippen LogP) is 4.23. The van der Waals surface area contributed by atoms with Crippen LogP contribution >= 0.6 is 0 Å². The molecule has 1 aromatic heterocycles. The van der Waals surface area contributed by atoms with Crippen LogP contribution in [0.4, 0.5) is 4.39 Å². The molecule has 3 aromatic rings. The van der Waals surface area contributed by atoms with Gasteiger partial charge in [-0.15, -0.1) is 0 Å². The number of piperidine rings is 1. The average Bonchev–Trinajstić information content (AvgIpc) is 2.89. The number of carbonyl (C=O) groups excluding carboxylic acids is 2. The first-order chi connectivity index (χ1) is 17.0. The summed E-state index contributed by atoms with van der Waals surface area (Å²) >= 11 is 0. The number of hydrogen-bond donors (Lipinski definition) is 1. The zero-order valence-electron chi connectivity index (χ0n) is 19.6. The van der Waals surface area contributed by atoms with E-state index in [4.69, 9.17) is 9.47 Å². The Balaban J connectivity index is 1.34. The fourth-order valence-electron chi connectivity index (χ4n) is 3.95. The van der Waals surface area contributed by atoms with Crippen LogP contribution in [0.3, 0.4) is 0 Å². The van der Waals surface area contributed by atoms with Gasteiger partial charge in [0.15, 0.2) is 11.5 Å². The maximum Gasteiger partial charge on any atom is 0.253 e. The van der Waals surface area contributed by atoms with E-state index in [1.807, 2.05) is 19.1 Å². The Hall–Kier alpha value is -3.94. The molecule has 35 heavy (non-hydrogen) atoms. The third kappa shape index (κ3) is 6.35. The Bertz CT molecular complexity index is 1150. The molecule has 1 saturated heterocycles. The average molecular weight is 478 g/mol. The van der Waals surface area contributed by atoms with E-state index < -0.39 is 0 Å². The Morgan fingerprint density at radius 3 is 2.34 bits per heavy atom. The lowest BCUT2D eigenvalue weighted by molar-refractivity contribution is 0.0697. The third-order valence-electron chi connectivity index (χ3n) is 5.86. The number of nitrogens with zero attached hydrogens (tertiary/aromatic N) is 2. The molecule has 1 N–H and O–H groups in total. The predicted molar refractivity (Wildman–Crippen MR) is 129 cm³/mol. The van der Waals surface area contributed by atoms with Gasteiger partial charge in [0.05, 0.1) is 6.61 Å². The van der Waals surface area contributed by atoms with Crippen LogP contribution in [0, 0.1) is 5.82 Å². The van der Waals surface area contributed by atoms with Crippen molar-refractivity contribution in [3.63, 3.8) is 0 Å². The summed E-state index contributed by atoms with van der Waals surface area (Å²) in [6.45, 7) is 3.75. The molecule has 0 aliphatic carbocycles. The molecule has 182 valence electrons. The van der Waals surface area contributed by atoms with Crippen LogP contribution in [-0.2, 0) is 6.61 Å². The van der Waals surface area contributed by atoms with Gasteiger partial charge in [0.25, 0.3) is 11.8 Å². The molecule has 1 fully saturated rings. The van der Waals surface area contributed by atoms with Gasteiger partial charge in [-0.05, 0) is 79.9 Å². The highest BCUT2D eigenvalue weighted by atomic mass is 19.1. The smallest absolute Gasteiger partial charge is 0.253 e. The van der Waals surface area contributed by atoms with Crippen molar-refractivity contribution in [3.05, 3.63) is 89.5 Å². The highest BCUT2D eigenvalue weighted by molar-refractivity contribution is 5.95. The fourth-order valence-corrected chi connectivity index (χ4v) is 3.95. The van der Waals surface area contributed by atoms with Crippen molar-refractivity contribution in [2.75, 3.05) is 19.7 Å². The van der Waals surface area contributed by atoms with Gasteiger partial charge < -0.3 is 19.7 Å². The maximum atomic E-state index is 13.1. The molecule has 0 atom stereocenters. The van der Waals surface area contributed by atoms with Crippen molar-refractivity contribution in [2.24, 2.45) is 0 Å². The molecule has 1 aliphatic rings. The number of amides is 2. The molecule has 8 heteroatoms. The van der Waals surface area contributed by atoms with E-state index in [0.717, 1.165) is 5.56 Å². The number of hydrogen-bond acceptors (Lipinski definition) is 5. The van der Waals surface area contributed by atoms with Crippen LogP contribution < -0.4 is 14.8 Å². The summed E-state index contributed by atoms with van der Waals surface area (Å²) in [7, 11) is 0. The minimum absolute atomic E-state index is 0.0421. The quantitative estimate of drug-likeness (QED) is 0.525. The molecule has 4 rings (SSSR count). The van der Waals surface area contributed by atoms with E-state index in [0.29, 0.717) is 61.8 Å². The first-order valence-corrected chi connectivity index (χ1v) is 11.7. The molecule has 1 aliphatic heterocycles. The minimum atomic E-state index is -0.380. The van der Waals surface area contributed by atoms with Gasteiger partial charge in [-0.2, -0.15) is 0 Å². The number of rotatable bonds is 8. The van der Waals surface area contributed by atoms with Crippen molar-refractivity contribution in [1.82, 2.24) is 15.2 Å². The largest absolute Gasteiger partial charge is 0.490 e. The highest BCUT2D eigenvalue weighted by Gasteiger charge is 2.25. The summed E-state index contributed by atoms with van der Waals surface area (Å²) in [5.41, 5.74) is 1.93. The number of pyridine rings is 1. The Morgan fingerprint density at radius 1 is 0.971 bits per heavy atom. The molecule has 0 unspecified atom stereocenters. The highest BCUT2D eigenvalue weighted by Crippen LogP contribution is 2.30. The van der Waals surface area contributed by atoms with Gasteiger partial charge in [0, 0.05) is 42.7 Å². The maximum absolute atomic E-state index is 13.1. The summed E-state index contributed by atoms with van der Waals surface area (Å²) < 4.78 is 24.7. The molecular formula is C27H28FN3O4. The van der Waals surface area contributed by atoms with E-state index in [2.05, 4.69) is 10.3 Å². The lowest BCUT2D eigenvalue weighted by Crippen LogP contribution is -2.46.